The summed E-state index contributed by atoms with van der Waals surface area (Å²) in [6.45, 7) is 3.03. The molecule has 114 valence electrons. The van der Waals surface area contributed by atoms with Crippen molar-refractivity contribution in [2.24, 2.45) is 5.92 Å². The first kappa shape index (κ1) is 14.7. The molecule has 1 aromatic rings. The molecule has 1 atom stereocenters. The lowest BCUT2D eigenvalue weighted by Crippen LogP contribution is -2.46. The van der Waals surface area contributed by atoms with Crippen molar-refractivity contribution in [2.45, 2.75) is 30.7 Å². The van der Waals surface area contributed by atoms with E-state index in [2.05, 4.69) is 0 Å². The van der Waals surface area contributed by atoms with Gasteiger partial charge in [-0.15, -0.1) is 0 Å². The zero-order valence-electron chi connectivity index (χ0n) is 12.0. The number of benzene rings is 1. The Bertz CT molecular complexity index is 634. The van der Waals surface area contributed by atoms with Gasteiger partial charge in [-0.25, -0.2) is 8.42 Å². The minimum Gasteiger partial charge on any atom is -0.378 e. The third-order valence-corrected chi connectivity index (χ3v) is 6.03. The van der Waals surface area contributed by atoms with Crippen LogP contribution < -0.4 is 0 Å². The Morgan fingerprint density at radius 2 is 1.90 bits per heavy atom. The van der Waals surface area contributed by atoms with E-state index >= 15 is 0 Å². The Kier molecular flexibility index (Phi) is 3.86. The number of nitrogens with zero attached hydrogens (tertiary/aromatic N) is 1. The first-order chi connectivity index (χ1) is 10.00. The van der Waals surface area contributed by atoms with Crippen LogP contribution in [0.5, 0.6) is 0 Å². The maximum Gasteiger partial charge on any atom is 0.243 e. The van der Waals surface area contributed by atoms with Gasteiger partial charge < -0.3 is 4.74 Å². The first-order valence-corrected chi connectivity index (χ1v) is 8.68. The average Bonchev–Trinajstić information content (AvgIpc) is 3.31. The highest BCUT2D eigenvalue weighted by Crippen LogP contribution is 2.33. The van der Waals surface area contributed by atoms with E-state index in [-0.39, 0.29) is 22.6 Å². The van der Waals surface area contributed by atoms with Crippen molar-refractivity contribution in [3.63, 3.8) is 0 Å². The second-order valence-electron chi connectivity index (χ2n) is 5.70. The second-order valence-corrected chi connectivity index (χ2v) is 7.59. The monoisotopic (exact) mass is 309 g/mol. The molecule has 3 rings (SSSR count). The molecule has 1 saturated heterocycles. The molecular weight excluding hydrogens is 290 g/mol. The number of rotatable bonds is 4. The lowest BCUT2D eigenvalue weighted by molar-refractivity contribution is 0.0393. The van der Waals surface area contributed by atoms with Crippen molar-refractivity contribution in [3.05, 3.63) is 29.8 Å². The maximum absolute atomic E-state index is 12.6. The smallest absolute Gasteiger partial charge is 0.243 e. The lowest BCUT2D eigenvalue weighted by Gasteiger charge is -2.32. The number of Topliss-reactive ketones (excluding diaryl/α,β-unsaturated/α-hetero) is 1. The van der Waals surface area contributed by atoms with Crippen LogP contribution in [0.15, 0.2) is 29.2 Å². The molecule has 1 aliphatic heterocycles. The largest absolute Gasteiger partial charge is 0.378 e. The Morgan fingerprint density at radius 3 is 2.48 bits per heavy atom. The summed E-state index contributed by atoms with van der Waals surface area (Å²) in [7, 11) is -3.52. The molecule has 6 heteroatoms. The molecule has 2 aliphatic rings. The average molecular weight is 309 g/mol. The van der Waals surface area contributed by atoms with E-state index < -0.39 is 10.0 Å². The van der Waals surface area contributed by atoms with Crippen molar-refractivity contribution in [1.82, 2.24) is 4.31 Å². The van der Waals surface area contributed by atoms with E-state index in [4.69, 9.17) is 4.74 Å². The van der Waals surface area contributed by atoms with Crippen LogP contribution in [0.25, 0.3) is 0 Å². The molecule has 1 saturated carbocycles. The lowest BCUT2D eigenvalue weighted by atomic mass is 10.1. The van der Waals surface area contributed by atoms with Gasteiger partial charge >= 0.3 is 0 Å². The fraction of sp³-hybridized carbons (Fsp3) is 0.533. The Morgan fingerprint density at radius 1 is 1.24 bits per heavy atom. The number of sulfonamides is 1. The van der Waals surface area contributed by atoms with Gasteiger partial charge in [0.05, 0.1) is 18.1 Å². The zero-order valence-corrected chi connectivity index (χ0v) is 12.8. The highest BCUT2D eigenvalue weighted by Gasteiger charge is 2.33. The summed E-state index contributed by atoms with van der Waals surface area (Å²) in [5, 5.41) is 0. The van der Waals surface area contributed by atoms with Crippen LogP contribution >= 0.6 is 0 Å². The van der Waals surface area contributed by atoms with Crippen LogP contribution in [0.3, 0.4) is 0 Å². The van der Waals surface area contributed by atoms with Crippen LogP contribution in [0.2, 0.25) is 0 Å². The summed E-state index contributed by atoms with van der Waals surface area (Å²) in [6, 6.07) is 6.15. The quantitative estimate of drug-likeness (QED) is 0.794. The molecule has 1 heterocycles. The molecule has 0 spiro atoms. The first-order valence-electron chi connectivity index (χ1n) is 7.24. The Labute approximate surface area is 124 Å². The normalized spacial score (nSPS) is 24.0. The van der Waals surface area contributed by atoms with Gasteiger partial charge in [0, 0.05) is 24.1 Å². The van der Waals surface area contributed by atoms with Crippen LogP contribution in [0.1, 0.15) is 30.1 Å². The van der Waals surface area contributed by atoms with Crippen LogP contribution in [0.4, 0.5) is 0 Å². The predicted octanol–water partition coefficient (Wildman–Crippen LogP) is 1.69. The third-order valence-electron chi connectivity index (χ3n) is 4.00. The zero-order chi connectivity index (χ0) is 15.0. The molecule has 0 amide bonds. The summed E-state index contributed by atoms with van der Waals surface area (Å²) in [5.41, 5.74) is 0.603. The van der Waals surface area contributed by atoms with Crippen molar-refractivity contribution < 1.29 is 17.9 Å². The third kappa shape index (κ3) is 2.88. The summed E-state index contributed by atoms with van der Waals surface area (Å²) < 4.78 is 32.0. The van der Waals surface area contributed by atoms with Crippen LogP contribution in [0, 0.1) is 5.92 Å². The molecule has 0 N–H and O–H groups in total. The molecule has 21 heavy (non-hydrogen) atoms. The van der Waals surface area contributed by atoms with Crippen molar-refractivity contribution in [3.8, 4) is 0 Å². The van der Waals surface area contributed by atoms with Gasteiger partial charge in [-0.1, -0.05) is 12.1 Å². The number of carbonyl (C=O) groups is 1. The molecule has 0 bridgehead atoms. The number of morpholine rings is 1. The van der Waals surface area contributed by atoms with E-state index in [0.29, 0.717) is 25.3 Å². The molecular formula is C15H19NO4S. The number of carbonyl (C=O) groups excluding carboxylic acids is 1. The van der Waals surface area contributed by atoms with Gasteiger partial charge in [-0.2, -0.15) is 4.31 Å². The summed E-state index contributed by atoms with van der Waals surface area (Å²) in [4.78, 5) is 12.2. The van der Waals surface area contributed by atoms with Crippen molar-refractivity contribution >= 4 is 15.8 Å². The second kappa shape index (κ2) is 5.51. The van der Waals surface area contributed by atoms with E-state index in [1.807, 2.05) is 6.92 Å². The van der Waals surface area contributed by atoms with Gasteiger partial charge in [0.15, 0.2) is 5.78 Å². The Hall–Kier alpha value is -1.24. The molecule has 0 aromatic heterocycles. The summed E-state index contributed by atoms with van der Waals surface area (Å²) >= 11 is 0. The molecule has 1 unspecified atom stereocenters. The van der Waals surface area contributed by atoms with Gasteiger partial charge in [0.25, 0.3) is 0 Å². The summed E-state index contributed by atoms with van der Waals surface area (Å²) in [6.07, 6.45) is 1.90. The number of hydrogen-bond donors (Lipinski definition) is 0. The standard InChI is InChI=1S/C15H19NO4S/c1-11-10-20-9-8-16(11)21(18,19)14-6-4-13(5-7-14)15(17)12-2-3-12/h4-7,11-12H,2-3,8-10H2,1H3. The minimum atomic E-state index is -3.52. The van der Waals surface area contributed by atoms with Crippen LogP contribution in [-0.4, -0.2) is 44.3 Å². The highest BCUT2D eigenvalue weighted by atomic mass is 32.2. The summed E-state index contributed by atoms with van der Waals surface area (Å²) in [5.74, 6) is 0.269. The number of ketones is 1. The van der Waals surface area contributed by atoms with Crippen molar-refractivity contribution in [1.29, 1.82) is 0 Å². The van der Waals surface area contributed by atoms with Gasteiger partial charge in [0.2, 0.25) is 10.0 Å². The van der Waals surface area contributed by atoms with E-state index in [0.717, 1.165) is 12.8 Å². The topological polar surface area (TPSA) is 63.7 Å². The van der Waals surface area contributed by atoms with Crippen LogP contribution in [-0.2, 0) is 14.8 Å². The van der Waals surface area contributed by atoms with E-state index in [9.17, 15) is 13.2 Å². The molecule has 5 nitrogen and oxygen atoms in total. The molecule has 1 aliphatic carbocycles. The fourth-order valence-corrected chi connectivity index (χ4v) is 4.18. The van der Waals surface area contributed by atoms with Gasteiger partial charge in [-0.05, 0) is 31.9 Å². The fourth-order valence-electron chi connectivity index (χ4n) is 2.58. The van der Waals surface area contributed by atoms with E-state index in [1.54, 1.807) is 12.1 Å². The Balaban J connectivity index is 1.83. The molecule has 2 fully saturated rings. The van der Waals surface area contributed by atoms with Gasteiger partial charge in [0.1, 0.15) is 0 Å². The molecule has 0 radical (unpaired) electrons. The number of ether oxygens (including phenoxy) is 1. The van der Waals surface area contributed by atoms with E-state index in [1.165, 1.54) is 16.4 Å². The molecule has 1 aromatic carbocycles. The number of hydrogen-bond acceptors (Lipinski definition) is 4. The minimum absolute atomic E-state index is 0.124. The van der Waals surface area contributed by atoms with Crippen molar-refractivity contribution in [2.75, 3.05) is 19.8 Å². The SMILES string of the molecule is CC1COCCN1S(=O)(=O)c1ccc(C(=O)C2CC2)cc1. The predicted molar refractivity (Wildman–Crippen MR) is 77.7 cm³/mol. The van der Waals surface area contributed by atoms with Gasteiger partial charge in [-0.3, -0.25) is 4.79 Å². The maximum atomic E-state index is 12.6. The highest BCUT2D eigenvalue weighted by molar-refractivity contribution is 7.89.